The van der Waals surface area contributed by atoms with Crippen molar-refractivity contribution in [2.45, 2.75) is 32.7 Å². The van der Waals surface area contributed by atoms with Crippen molar-refractivity contribution in [3.8, 4) is 0 Å². The van der Waals surface area contributed by atoms with Gasteiger partial charge in [0.05, 0.1) is 11.1 Å². The summed E-state index contributed by atoms with van der Waals surface area (Å²) in [5.74, 6) is 0.498. The van der Waals surface area contributed by atoms with Crippen LogP contribution in [0.3, 0.4) is 0 Å². The van der Waals surface area contributed by atoms with Crippen molar-refractivity contribution in [1.29, 1.82) is 0 Å². The monoisotopic (exact) mass is 305 g/mol. The van der Waals surface area contributed by atoms with Gasteiger partial charge in [-0.3, -0.25) is 4.79 Å². The van der Waals surface area contributed by atoms with E-state index in [0.717, 1.165) is 27.9 Å². The van der Waals surface area contributed by atoms with E-state index in [1.54, 1.807) is 0 Å². The zero-order chi connectivity index (χ0) is 16.0. The number of anilines is 1. The summed E-state index contributed by atoms with van der Waals surface area (Å²) >= 11 is 0. The maximum absolute atomic E-state index is 12.6. The molecule has 4 rings (SSSR count). The van der Waals surface area contributed by atoms with Crippen LogP contribution in [-0.2, 0) is 0 Å². The van der Waals surface area contributed by atoms with Crippen LogP contribution in [0.5, 0.6) is 0 Å². The minimum Gasteiger partial charge on any atom is -0.345 e. The molecule has 1 fully saturated rings. The van der Waals surface area contributed by atoms with E-state index in [1.807, 2.05) is 49.4 Å². The summed E-state index contributed by atoms with van der Waals surface area (Å²) in [5, 5.41) is 3.99. The topological polar surface area (TPSA) is 46.9 Å². The Morgan fingerprint density at radius 1 is 1.17 bits per heavy atom. The number of hydrogen-bond donors (Lipinski definition) is 1. The van der Waals surface area contributed by atoms with Crippen molar-refractivity contribution in [3.05, 3.63) is 59.4 Å². The number of carbonyl (C=O) groups is 1. The maximum atomic E-state index is 12.6. The Hall–Kier alpha value is -2.62. The lowest BCUT2D eigenvalue weighted by atomic mass is 10.2. The molecule has 116 valence electrons. The van der Waals surface area contributed by atoms with Crippen molar-refractivity contribution in [2.75, 3.05) is 5.32 Å². The predicted octanol–water partition coefficient (Wildman–Crippen LogP) is 4.24. The van der Waals surface area contributed by atoms with Gasteiger partial charge in [0, 0.05) is 22.8 Å². The standard InChI is InChI=1S/C19H19N3O/c1-12-11-16(13(2)22(12)15-8-9-15)19(23)21-18-10-7-14-5-3-4-6-17(14)20-18/h3-7,10-11,15H,8-9H2,1-2H3,(H,20,21,23). The number of pyridine rings is 1. The van der Waals surface area contributed by atoms with Crippen molar-refractivity contribution in [1.82, 2.24) is 9.55 Å². The van der Waals surface area contributed by atoms with Gasteiger partial charge in [-0.2, -0.15) is 0 Å². The number of amides is 1. The molecule has 1 N–H and O–H groups in total. The first-order valence-electron chi connectivity index (χ1n) is 7.99. The number of nitrogens with zero attached hydrogens (tertiary/aromatic N) is 2. The average Bonchev–Trinajstić information content (AvgIpc) is 3.32. The Morgan fingerprint density at radius 2 is 1.96 bits per heavy atom. The molecule has 0 aliphatic heterocycles. The van der Waals surface area contributed by atoms with E-state index in [4.69, 9.17) is 0 Å². The summed E-state index contributed by atoms with van der Waals surface area (Å²) in [6, 6.07) is 14.3. The van der Waals surface area contributed by atoms with Crippen molar-refractivity contribution in [3.63, 3.8) is 0 Å². The van der Waals surface area contributed by atoms with Gasteiger partial charge >= 0.3 is 0 Å². The van der Waals surface area contributed by atoms with Gasteiger partial charge in [-0.05, 0) is 51.0 Å². The SMILES string of the molecule is Cc1cc(C(=O)Nc2ccc3ccccc3n2)c(C)n1C1CC1. The van der Waals surface area contributed by atoms with Crippen LogP contribution in [0.2, 0.25) is 0 Å². The normalized spacial score (nSPS) is 14.2. The van der Waals surface area contributed by atoms with Crippen LogP contribution in [0.25, 0.3) is 10.9 Å². The van der Waals surface area contributed by atoms with Crippen LogP contribution in [0.4, 0.5) is 5.82 Å². The van der Waals surface area contributed by atoms with Crippen LogP contribution in [-0.4, -0.2) is 15.5 Å². The lowest BCUT2D eigenvalue weighted by Gasteiger charge is -2.08. The molecule has 0 saturated heterocycles. The van der Waals surface area contributed by atoms with E-state index in [9.17, 15) is 4.79 Å². The van der Waals surface area contributed by atoms with E-state index < -0.39 is 0 Å². The molecule has 4 heteroatoms. The molecule has 0 unspecified atom stereocenters. The van der Waals surface area contributed by atoms with Crippen molar-refractivity contribution < 1.29 is 4.79 Å². The highest BCUT2D eigenvalue weighted by molar-refractivity contribution is 6.05. The van der Waals surface area contributed by atoms with Crippen LogP contribution >= 0.6 is 0 Å². The Balaban J connectivity index is 1.63. The Bertz CT molecular complexity index is 906. The Labute approximate surface area is 135 Å². The van der Waals surface area contributed by atoms with E-state index in [2.05, 4.69) is 21.8 Å². The maximum Gasteiger partial charge on any atom is 0.258 e. The first-order valence-corrected chi connectivity index (χ1v) is 7.99. The number of nitrogens with one attached hydrogen (secondary N) is 1. The Morgan fingerprint density at radius 3 is 2.74 bits per heavy atom. The van der Waals surface area contributed by atoms with Crippen molar-refractivity contribution in [2.24, 2.45) is 0 Å². The van der Waals surface area contributed by atoms with Crippen LogP contribution in [0.15, 0.2) is 42.5 Å². The molecule has 1 amide bonds. The Kier molecular flexibility index (Phi) is 3.18. The fourth-order valence-corrected chi connectivity index (χ4v) is 3.22. The zero-order valence-corrected chi connectivity index (χ0v) is 13.3. The van der Waals surface area contributed by atoms with Gasteiger partial charge in [-0.15, -0.1) is 0 Å². The number of fused-ring (bicyclic) bond motifs is 1. The fraction of sp³-hybridized carbons (Fsp3) is 0.263. The molecule has 0 radical (unpaired) electrons. The highest BCUT2D eigenvalue weighted by Crippen LogP contribution is 2.38. The molecule has 2 heterocycles. The molecular weight excluding hydrogens is 286 g/mol. The fourth-order valence-electron chi connectivity index (χ4n) is 3.22. The number of para-hydroxylation sites is 1. The van der Waals surface area contributed by atoms with Crippen molar-refractivity contribution >= 4 is 22.6 Å². The summed E-state index contributed by atoms with van der Waals surface area (Å²) in [7, 11) is 0. The summed E-state index contributed by atoms with van der Waals surface area (Å²) in [6.07, 6.45) is 2.42. The van der Waals surface area contributed by atoms with Gasteiger partial charge < -0.3 is 9.88 Å². The summed E-state index contributed by atoms with van der Waals surface area (Å²) in [6.45, 7) is 4.09. The first kappa shape index (κ1) is 14.0. The van der Waals surface area contributed by atoms with E-state index in [0.29, 0.717) is 11.9 Å². The molecule has 23 heavy (non-hydrogen) atoms. The van der Waals surface area contributed by atoms with E-state index >= 15 is 0 Å². The van der Waals surface area contributed by atoms with Crippen LogP contribution in [0.1, 0.15) is 40.6 Å². The van der Waals surface area contributed by atoms with Crippen LogP contribution < -0.4 is 5.32 Å². The number of aromatic nitrogens is 2. The molecule has 0 bridgehead atoms. The van der Waals surface area contributed by atoms with Gasteiger partial charge in [0.15, 0.2) is 0 Å². The number of carbonyl (C=O) groups excluding carboxylic acids is 1. The lowest BCUT2D eigenvalue weighted by Crippen LogP contribution is -2.14. The highest BCUT2D eigenvalue weighted by Gasteiger charge is 2.28. The third-order valence-corrected chi connectivity index (χ3v) is 4.48. The molecule has 1 aliphatic carbocycles. The number of hydrogen-bond acceptors (Lipinski definition) is 2. The summed E-state index contributed by atoms with van der Waals surface area (Å²) < 4.78 is 2.28. The smallest absolute Gasteiger partial charge is 0.258 e. The predicted molar refractivity (Wildman–Crippen MR) is 91.9 cm³/mol. The number of rotatable bonds is 3. The minimum atomic E-state index is -0.0900. The highest BCUT2D eigenvalue weighted by atomic mass is 16.1. The summed E-state index contributed by atoms with van der Waals surface area (Å²) in [4.78, 5) is 17.1. The molecule has 4 nitrogen and oxygen atoms in total. The van der Waals surface area contributed by atoms with Gasteiger partial charge in [-0.1, -0.05) is 18.2 Å². The third-order valence-electron chi connectivity index (χ3n) is 4.48. The average molecular weight is 305 g/mol. The van der Waals surface area contributed by atoms with Crippen LogP contribution in [0, 0.1) is 13.8 Å². The molecule has 0 spiro atoms. The van der Waals surface area contributed by atoms with E-state index in [-0.39, 0.29) is 5.91 Å². The third kappa shape index (κ3) is 2.50. The molecule has 2 aromatic heterocycles. The molecular formula is C19H19N3O. The molecule has 3 aromatic rings. The second kappa shape index (κ2) is 5.23. The number of aryl methyl sites for hydroxylation is 1. The quantitative estimate of drug-likeness (QED) is 0.786. The van der Waals surface area contributed by atoms with Gasteiger partial charge in [0.25, 0.3) is 5.91 Å². The molecule has 1 aliphatic rings. The molecule has 0 atom stereocenters. The molecule has 1 aromatic carbocycles. The van der Waals surface area contributed by atoms with Gasteiger partial charge in [0.2, 0.25) is 0 Å². The summed E-state index contributed by atoms with van der Waals surface area (Å²) in [5.41, 5.74) is 3.82. The van der Waals surface area contributed by atoms with E-state index in [1.165, 1.54) is 12.8 Å². The lowest BCUT2D eigenvalue weighted by molar-refractivity contribution is 0.102. The number of benzene rings is 1. The minimum absolute atomic E-state index is 0.0900. The zero-order valence-electron chi connectivity index (χ0n) is 13.3. The largest absolute Gasteiger partial charge is 0.345 e. The van der Waals surface area contributed by atoms with Gasteiger partial charge in [0.1, 0.15) is 5.82 Å². The van der Waals surface area contributed by atoms with Gasteiger partial charge in [-0.25, -0.2) is 4.98 Å². The molecule has 1 saturated carbocycles. The first-order chi connectivity index (χ1) is 11.1. The second-order valence-corrected chi connectivity index (χ2v) is 6.23. The second-order valence-electron chi connectivity index (χ2n) is 6.23.